The largest absolute Gasteiger partial charge is 0.367 e. The lowest BCUT2D eigenvalue weighted by Crippen LogP contribution is -2.23. The summed E-state index contributed by atoms with van der Waals surface area (Å²) in [6.45, 7) is 6.39. The molecular weight excluding hydrogens is 179 g/mol. The Bertz CT molecular complexity index is 288. The van der Waals surface area contributed by atoms with Crippen molar-refractivity contribution in [3.8, 4) is 0 Å². The molecule has 0 aliphatic rings. The molecule has 1 aromatic rings. The molecule has 0 saturated heterocycles. The van der Waals surface area contributed by atoms with Crippen LogP contribution >= 0.6 is 0 Å². The number of hydrogen-bond acceptors (Lipinski definition) is 2. The van der Waals surface area contributed by atoms with Gasteiger partial charge < -0.3 is 5.32 Å². The van der Waals surface area contributed by atoms with Crippen molar-refractivity contribution < 1.29 is 4.39 Å². The second kappa shape index (κ2) is 4.94. The van der Waals surface area contributed by atoms with Crippen LogP contribution in [0.4, 0.5) is 10.2 Å². The number of anilines is 1. The van der Waals surface area contributed by atoms with Crippen LogP contribution in [0.25, 0.3) is 0 Å². The third-order valence-electron chi connectivity index (χ3n) is 2.59. The molecule has 0 amide bonds. The Morgan fingerprint density at radius 3 is 2.71 bits per heavy atom. The van der Waals surface area contributed by atoms with E-state index in [0.717, 1.165) is 6.42 Å². The van der Waals surface area contributed by atoms with Gasteiger partial charge in [-0.2, -0.15) is 4.39 Å². The summed E-state index contributed by atoms with van der Waals surface area (Å²) in [6.07, 6.45) is 1.10. The first-order valence-corrected chi connectivity index (χ1v) is 5.02. The average molecular weight is 196 g/mol. The normalized spacial score (nSPS) is 14.9. The Kier molecular flexibility index (Phi) is 3.86. The molecular formula is C11H17FN2. The van der Waals surface area contributed by atoms with E-state index in [1.54, 1.807) is 12.1 Å². The summed E-state index contributed by atoms with van der Waals surface area (Å²) in [7, 11) is 0. The molecule has 0 spiro atoms. The first kappa shape index (κ1) is 11.0. The summed E-state index contributed by atoms with van der Waals surface area (Å²) in [5, 5.41) is 3.18. The highest BCUT2D eigenvalue weighted by atomic mass is 19.1. The van der Waals surface area contributed by atoms with Crippen LogP contribution in [0, 0.1) is 11.9 Å². The van der Waals surface area contributed by atoms with E-state index in [-0.39, 0.29) is 0 Å². The van der Waals surface area contributed by atoms with E-state index in [1.807, 2.05) is 0 Å². The maximum Gasteiger partial charge on any atom is 0.214 e. The molecule has 0 fully saturated rings. The van der Waals surface area contributed by atoms with Crippen molar-refractivity contribution in [3.05, 3.63) is 24.1 Å². The summed E-state index contributed by atoms with van der Waals surface area (Å²) in [5.74, 6) is 0.726. The second-order valence-electron chi connectivity index (χ2n) is 3.66. The molecule has 0 radical (unpaired) electrons. The molecule has 0 unspecified atom stereocenters. The lowest BCUT2D eigenvalue weighted by atomic mass is 10.0. The second-order valence-corrected chi connectivity index (χ2v) is 3.66. The first-order chi connectivity index (χ1) is 6.63. The minimum absolute atomic E-state index is 0.314. The number of nitrogens with zero attached hydrogens (tertiary/aromatic N) is 1. The molecule has 78 valence electrons. The molecule has 2 nitrogen and oxygen atoms in total. The summed E-state index contributed by atoms with van der Waals surface area (Å²) >= 11 is 0. The van der Waals surface area contributed by atoms with Gasteiger partial charge in [0.25, 0.3) is 0 Å². The number of aromatic nitrogens is 1. The summed E-state index contributed by atoms with van der Waals surface area (Å²) in [6, 6.07) is 5.10. The van der Waals surface area contributed by atoms with Crippen molar-refractivity contribution in [1.29, 1.82) is 0 Å². The van der Waals surface area contributed by atoms with Crippen molar-refractivity contribution in [3.63, 3.8) is 0 Å². The van der Waals surface area contributed by atoms with Crippen molar-refractivity contribution >= 4 is 5.82 Å². The lowest BCUT2D eigenvalue weighted by molar-refractivity contribution is 0.492. The van der Waals surface area contributed by atoms with Crippen LogP contribution in [-0.2, 0) is 0 Å². The van der Waals surface area contributed by atoms with Crippen molar-refractivity contribution in [2.45, 2.75) is 33.2 Å². The predicted molar refractivity (Wildman–Crippen MR) is 56.7 cm³/mol. The third kappa shape index (κ3) is 2.98. The molecule has 3 heteroatoms. The number of rotatable bonds is 4. The van der Waals surface area contributed by atoms with Gasteiger partial charge in [0.05, 0.1) is 0 Å². The lowest BCUT2D eigenvalue weighted by Gasteiger charge is -2.20. The van der Waals surface area contributed by atoms with E-state index >= 15 is 0 Å². The van der Waals surface area contributed by atoms with Crippen LogP contribution in [0.1, 0.15) is 27.2 Å². The fourth-order valence-electron chi connectivity index (χ4n) is 1.22. The fraction of sp³-hybridized carbons (Fsp3) is 0.545. The van der Waals surface area contributed by atoms with Gasteiger partial charge in [-0.15, -0.1) is 0 Å². The van der Waals surface area contributed by atoms with Gasteiger partial charge in [0.2, 0.25) is 5.95 Å². The van der Waals surface area contributed by atoms with Crippen LogP contribution in [0.3, 0.4) is 0 Å². The Hall–Kier alpha value is -1.12. The Morgan fingerprint density at radius 1 is 1.43 bits per heavy atom. The number of pyridine rings is 1. The van der Waals surface area contributed by atoms with Crippen LogP contribution in [0.15, 0.2) is 18.2 Å². The maximum atomic E-state index is 12.7. The SMILES string of the molecule is CC[C@@H](C)[C@H](C)Nc1cccc(F)n1. The minimum Gasteiger partial charge on any atom is -0.367 e. The molecule has 1 aromatic heterocycles. The van der Waals surface area contributed by atoms with Gasteiger partial charge in [0.1, 0.15) is 5.82 Å². The molecule has 0 aliphatic carbocycles. The highest BCUT2D eigenvalue weighted by Gasteiger charge is 2.10. The zero-order chi connectivity index (χ0) is 10.6. The van der Waals surface area contributed by atoms with E-state index in [2.05, 4.69) is 31.1 Å². The average Bonchev–Trinajstić information content (AvgIpc) is 2.16. The Morgan fingerprint density at radius 2 is 2.14 bits per heavy atom. The van der Waals surface area contributed by atoms with Gasteiger partial charge in [0.15, 0.2) is 0 Å². The van der Waals surface area contributed by atoms with Crippen LogP contribution in [-0.4, -0.2) is 11.0 Å². The Labute approximate surface area is 84.6 Å². The quantitative estimate of drug-likeness (QED) is 0.748. The van der Waals surface area contributed by atoms with Gasteiger partial charge in [-0.25, -0.2) is 4.98 Å². The zero-order valence-electron chi connectivity index (χ0n) is 8.92. The summed E-state index contributed by atoms with van der Waals surface area (Å²) < 4.78 is 12.7. The van der Waals surface area contributed by atoms with Gasteiger partial charge in [-0.3, -0.25) is 0 Å². The molecule has 0 bridgehead atoms. The molecule has 14 heavy (non-hydrogen) atoms. The van der Waals surface area contributed by atoms with Crippen LogP contribution in [0.2, 0.25) is 0 Å². The van der Waals surface area contributed by atoms with Gasteiger partial charge in [-0.05, 0) is 25.0 Å². The summed E-state index contributed by atoms with van der Waals surface area (Å²) in [5.41, 5.74) is 0. The van der Waals surface area contributed by atoms with Crippen molar-refractivity contribution in [2.24, 2.45) is 5.92 Å². The molecule has 1 rings (SSSR count). The monoisotopic (exact) mass is 196 g/mol. The fourth-order valence-corrected chi connectivity index (χ4v) is 1.22. The Balaban J connectivity index is 2.60. The van der Waals surface area contributed by atoms with E-state index < -0.39 is 5.95 Å². The van der Waals surface area contributed by atoms with Gasteiger partial charge >= 0.3 is 0 Å². The van der Waals surface area contributed by atoms with Crippen LogP contribution in [0.5, 0.6) is 0 Å². The van der Waals surface area contributed by atoms with Gasteiger partial charge in [0, 0.05) is 6.04 Å². The molecule has 0 aromatic carbocycles. The topological polar surface area (TPSA) is 24.9 Å². The zero-order valence-corrected chi connectivity index (χ0v) is 8.92. The van der Waals surface area contributed by atoms with E-state index in [4.69, 9.17) is 0 Å². The first-order valence-electron chi connectivity index (χ1n) is 5.02. The van der Waals surface area contributed by atoms with E-state index in [0.29, 0.717) is 17.8 Å². The minimum atomic E-state index is -0.439. The summed E-state index contributed by atoms with van der Waals surface area (Å²) in [4.78, 5) is 3.75. The van der Waals surface area contributed by atoms with Crippen molar-refractivity contribution in [2.75, 3.05) is 5.32 Å². The van der Waals surface area contributed by atoms with Crippen LogP contribution < -0.4 is 5.32 Å². The maximum absolute atomic E-state index is 12.7. The molecule has 2 atom stereocenters. The van der Waals surface area contributed by atoms with E-state index in [9.17, 15) is 4.39 Å². The molecule has 0 aliphatic heterocycles. The predicted octanol–water partition coefficient (Wildman–Crippen LogP) is 3.07. The standard InChI is InChI=1S/C11H17FN2/c1-4-8(2)9(3)13-11-7-5-6-10(12)14-11/h5-9H,4H2,1-3H3,(H,13,14)/t8-,9+/m1/s1. The van der Waals surface area contributed by atoms with Gasteiger partial charge in [-0.1, -0.05) is 26.3 Å². The molecule has 1 heterocycles. The third-order valence-corrected chi connectivity index (χ3v) is 2.59. The van der Waals surface area contributed by atoms with Crippen molar-refractivity contribution in [1.82, 2.24) is 4.98 Å². The number of nitrogens with one attached hydrogen (secondary N) is 1. The molecule has 1 N–H and O–H groups in total. The smallest absolute Gasteiger partial charge is 0.214 e. The highest BCUT2D eigenvalue weighted by molar-refractivity contribution is 5.34. The number of halogens is 1. The van der Waals surface area contributed by atoms with E-state index in [1.165, 1.54) is 6.07 Å². The number of hydrogen-bond donors (Lipinski definition) is 1. The highest BCUT2D eigenvalue weighted by Crippen LogP contribution is 2.12. The molecule has 0 saturated carbocycles.